The summed E-state index contributed by atoms with van der Waals surface area (Å²) >= 11 is 3.42. The van der Waals surface area contributed by atoms with Crippen LogP contribution in [0.25, 0.3) is 22.4 Å². The molecule has 0 atom stereocenters. The highest BCUT2D eigenvalue weighted by Crippen LogP contribution is 2.33. The Kier molecular flexibility index (Phi) is 4.41. The predicted molar refractivity (Wildman–Crippen MR) is 105 cm³/mol. The van der Waals surface area contributed by atoms with E-state index in [9.17, 15) is 4.79 Å². The average molecular weight is 427 g/mol. The lowest BCUT2D eigenvalue weighted by Gasteiger charge is -2.13. The largest absolute Gasteiger partial charge is 0.495 e. The van der Waals surface area contributed by atoms with E-state index in [0.717, 1.165) is 20.9 Å². The summed E-state index contributed by atoms with van der Waals surface area (Å²) in [5.74, 6) is 0.795. The van der Waals surface area contributed by atoms with Gasteiger partial charge in [-0.3, -0.25) is 9.89 Å². The molecule has 2 heterocycles. The van der Waals surface area contributed by atoms with E-state index in [0.29, 0.717) is 28.5 Å². The van der Waals surface area contributed by atoms with Crippen LogP contribution in [0.3, 0.4) is 0 Å². The lowest BCUT2D eigenvalue weighted by molar-refractivity contribution is 0.102. The molecule has 0 saturated carbocycles. The fourth-order valence-electron chi connectivity index (χ4n) is 2.94. The third-order valence-electron chi connectivity index (χ3n) is 4.24. The number of hydrogen-bond acceptors (Lipinski definition) is 5. The molecule has 0 unspecified atom stereocenters. The van der Waals surface area contributed by atoms with E-state index in [1.807, 2.05) is 37.3 Å². The number of amides is 1. The highest BCUT2D eigenvalue weighted by atomic mass is 79.9. The Morgan fingerprint density at radius 2 is 2.15 bits per heavy atom. The minimum atomic E-state index is -0.255. The molecule has 2 aromatic carbocycles. The fourth-order valence-corrected chi connectivity index (χ4v) is 3.44. The molecule has 136 valence electrons. The minimum Gasteiger partial charge on any atom is -0.495 e. The van der Waals surface area contributed by atoms with Gasteiger partial charge >= 0.3 is 0 Å². The number of aromatic amines is 1. The van der Waals surface area contributed by atoms with Gasteiger partial charge in [0, 0.05) is 11.1 Å². The van der Waals surface area contributed by atoms with Gasteiger partial charge in [-0.2, -0.15) is 5.10 Å². The molecule has 0 spiro atoms. The second kappa shape index (κ2) is 6.88. The van der Waals surface area contributed by atoms with Gasteiger partial charge in [-0.15, -0.1) is 0 Å². The average Bonchev–Trinajstić information content (AvgIpc) is 3.32. The van der Waals surface area contributed by atoms with E-state index in [2.05, 4.69) is 36.4 Å². The topological polar surface area (TPSA) is 93.0 Å². The summed E-state index contributed by atoms with van der Waals surface area (Å²) in [6.07, 6.45) is 2.94. The van der Waals surface area contributed by atoms with Crippen LogP contribution in [0.4, 0.5) is 5.69 Å². The fraction of sp³-hybridized carbons (Fsp3) is 0.105. The molecule has 0 radical (unpaired) electrons. The zero-order valence-corrected chi connectivity index (χ0v) is 16.1. The maximum absolute atomic E-state index is 12.9. The first-order valence-electron chi connectivity index (χ1n) is 8.10. The normalized spacial score (nSPS) is 10.9. The van der Waals surface area contributed by atoms with E-state index in [4.69, 9.17) is 9.15 Å². The second-order valence-corrected chi connectivity index (χ2v) is 6.78. The van der Waals surface area contributed by atoms with Crippen LogP contribution in [0.1, 0.15) is 15.9 Å². The number of aromatic nitrogens is 3. The third kappa shape index (κ3) is 3.08. The first-order valence-corrected chi connectivity index (χ1v) is 8.89. The van der Waals surface area contributed by atoms with Crippen molar-refractivity contribution in [2.75, 3.05) is 12.4 Å². The maximum Gasteiger partial charge on any atom is 0.259 e. The molecular weight excluding hydrogens is 412 g/mol. The summed E-state index contributed by atoms with van der Waals surface area (Å²) in [6, 6.07) is 9.22. The van der Waals surface area contributed by atoms with Crippen molar-refractivity contribution in [3.63, 3.8) is 0 Å². The zero-order valence-electron chi connectivity index (χ0n) is 14.5. The maximum atomic E-state index is 12.9. The summed E-state index contributed by atoms with van der Waals surface area (Å²) < 4.78 is 11.5. The Balaban J connectivity index is 1.71. The van der Waals surface area contributed by atoms with Crippen LogP contribution < -0.4 is 10.1 Å². The Labute approximate surface area is 162 Å². The number of nitrogens with zero attached hydrogens (tertiary/aromatic N) is 2. The van der Waals surface area contributed by atoms with Gasteiger partial charge in [-0.25, -0.2) is 4.98 Å². The minimum absolute atomic E-state index is 0.255. The Morgan fingerprint density at radius 3 is 2.89 bits per heavy atom. The lowest BCUT2D eigenvalue weighted by Crippen LogP contribution is -2.15. The number of carbonyl (C=O) groups is 1. The molecule has 0 aliphatic heterocycles. The van der Waals surface area contributed by atoms with Crippen LogP contribution in [0.2, 0.25) is 0 Å². The Bertz CT molecular complexity index is 1140. The van der Waals surface area contributed by atoms with Crippen LogP contribution in [-0.4, -0.2) is 28.2 Å². The van der Waals surface area contributed by atoms with Gasteiger partial charge in [0.05, 0.1) is 28.9 Å². The first kappa shape index (κ1) is 17.3. The van der Waals surface area contributed by atoms with Crippen molar-refractivity contribution in [3.05, 3.63) is 58.5 Å². The number of anilines is 1. The SMILES string of the molecule is COc1c(Br)ccc(C)c1C(=O)Nc1ccc2[nH]nc(-c3cnco3)c2c1. The molecule has 4 aromatic rings. The zero-order chi connectivity index (χ0) is 19.0. The molecule has 4 rings (SSSR count). The van der Waals surface area contributed by atoms with Gasteiger partial charge in [-0.05, 0) is 52.7 Å². The number of hydrogen-bond donors (Lipinski definition) is 2. The van der Waals surface area contributed by atoms with Gasteiger partial charge in [0.1, 0.15) is 11.4 Å². The standard InChI is InChI=1S/C19H15BrN4O3/c1-10-3-5-13(20)18(26-2)16(10)19(25)22-11-4-6-14-12(7-11)17(24-23-14)15-8-21-9-27-15/h3-9H,1-2H3,(H,22,25)(H,23,24). The van der Waals surface area contributed by atoms with Gasteiger partial charge < -0.3 is 14.5 Å². The summed E-state index contributed by atoms with van der Waals surface area (Å²) in [4.78, 5) is 16.8. The monoisotopic (exact) mass is 426 g/mol. The van der Waals surface area contributed by atoms with Crippen molar-refractivity contribution in [2.45, 2.75) is 6.92 Å². The number of benzene rings is 2. The van der Waals surface area contributed by atoms with Gasteiger partial charge in [-0.1, -0.05) is 6.07 Å². The third-order valence-corrected chi connectivity index (χ3v) is 4.86. The van der Waals surface area contributed by atoms with Crippen molar-refractivity contribution in [1.29, 1.82) is 0 Å². The van der Waals surface area contributed by atoms with E-state index in [1.54, 1.807) is 6.20 Å². The van der Waals surface area contributed by atoms with E-state index in [1.165, 1.54) is 13.5 Å². The smallest absolute Gasteiger partial charge is 0.259 e. The molecule has 7 nitrogen and oxygen atoms in total. The Hall–Kier alpha value is -3.13. The number of carbonyl (C=O) groups excluding carboxylic acids is 1. The molecular formula is C19H15BrN4O3. The number of aryl methyl sites for hydroxylation is 1. The van der Waals surface area contributed by atoms with Crippen molar-refractivity contribution >= 4 is 38.4 Å². The first-order chi connectivity index (χ1) is 13.1. The number of fused-ring (bicyclic) bond motifs is 1. The van der Waals surface area contributed by atoms with Crippen LogP contribution in [0.15, 0.2) is 51.8 Å². The van der Waals surface area contributed by atoms with Crippen LogP contribution >= 0.6 is 15.9 Å². The molecule has 2 aromatic heterocycles. The number of nitrogens with one attached hydrogen (secondary N) is 2. The summed E-state index contributed by atoms with van der Waals surface area (Å²) in [5, 5.41) is 11.0. The highest BCUT2D eigenvalue weighted by molar-refractivity contribution is 9.10. The highest BCUT2D eigenvalue weighted by Gasteiger charge is 2.19. The van der Waals surface area contributed by atoms with Crippen molar-refractivity contribution < 1.29 is 13.9 Å². The molecule has 8 heteroatoms. The molecule has 0 bridgehead atoms. The van der Waals surface area contributed by atoms with Gasteiger partial charge in [0.2, 0.25) is 0 Å². The number of H-pyrrole nitrogens is 1. The van der Waals surface area contributed by atoms with Crippen molar-refractivity contribution in [1.82, 2.24) is 15.2 Å². The van der Waals surface area contributed by atoms with Gasteiger partial charge in [0.15, 0.2) is 12.2 Å². The second-order valence-electron chi connectivity index (χ2n) is 5.92. The van der Waals surface area contributed by atoms with Crippen LogP contribution in [0, 0.1) is 6.92 Å². The van der Waals surface area contributed by atoms with E-state index < -0.39 is 0 Å². The molecule has 0 saturated heterocycles. The molecule has 0 aliphatic carbocycles. The predicted octanol–water partition coefficient (Wildman–Crippen LogP) is 4.55. The number of methoxy groups -OCH3 is 1. The van der Waals surface area contributed by atoms with E-state index >= 15 is 0 Å². The summed E-state index contributed by atoms with van der Waals surface area (Å²) in [7, 11) is 1.54. The van der Waals surface area contributed by atoms with Crippen molar-refractivity contribution in [2.24, 2.45) is 0 Å². The number of halogens is 1. The number of oxazole rings is 1. The van der Waals surface area contributed by atoms with Crippen molar-refractivity contribution in [3.8, 4) is 17.2 Å². The van der Waals surface area contributed by atoms with E-state index in [-0.39, 0.29) is 5.91 Å². The Morgan fingerprint density at radius 1 is 1.30 bits per heavy atom. The summed E-state index contributed by atoms with van der Waals surface area (Å²) in [5.41, 5.74) is 3.40. The molecule has 2 N–H and O–H groups in total. The van der Waals surface area contributed by atoms with Gasteiger partial charge in [0.25, 0.3) is 5.91 Å². The van der Waals surface area contributed by atoms with Crippen LogP contribution in [0.5, 0.6) is 5.75 Å². The summed E-state index contributed by atoms with van der Waals surface area (Å²) in [6.45, 7) is 1.87. The lowest BCUT2D eigenvalue weighted by atomic mass is 10.1. The number of ether oxygens (including phenoxy) is 1. The number of rotatable bonds is 4. The quantitative estimate of drug-likeness (QED) is 0.499. The molecule has 1 amide bonds. The molecule has 0 aliphatic rings. The van der Waals surface area contributed by atoms with Crippen LogP contribution in [-0.2, 0) is 0 Å². The molecule has 0 fully saturated rings. The molecule has 27 heavy (non-hydrogen) atoms.